The summed E-state index contributed by atoms with van der Waals surface area (Å²) in [6.07, 6.45) is 6.83. The molecule has 0 atom stereocenters. The molecule has 0 bridgehead atoms. The third kappa shape index (κ3) is 3.06. The molecule has 126 valence electrons. The summed E-state index contributed by atoms with van der Waals surface area (Å²) >= 11 is 5.75. The van der Waals surface area contributed by atoms with Gasteiger partial charge in [0, 0.05) is 6.07 Å². The maximum absolute atomic E-state index is 14.5. The van der Waals surface area contributed by atoms with Gasteiger partial charge in [-0.05, 0) is 12.1 Å². The number of halogens is 3. The highest BCUT2D eigenvalue weighted by molar-refractivity contribution is 6.32. The summed E-state index contributed by atoms with van der Waals surface area (Å²) in [5.74, 6) is 0.317. The van der Waals surface area contributed by atoms with E-state index in [1.807, 2.05) is 6.07 Å². The van der Waals surface area contributed by atoms with Crippen molar-refractivity contribution in [1.29, 1.82) is 0 Å². The molecule has 3 aromatic rings. The van der Waals surface area contributed by atoms with Crippen LogP contribution >= 0.6 is 11.6 Å². The van der Waals surface area contributed by atoms with E-state index in [1.165, 1.54) is 24.3 Å². The van der Waals surface area contributed by atoms with E-state index in [0.717, 1.165) is 0 Å². The largest absolute Gasteiger partial charge is 0.495 e. The maximum atomic E-state index is 14.5. The van der Waals surface area contributed by atoms with E-state index in [9.17, 15) is 8.78 Å². The van der Waals surface area contributed by atoms with E-state index in [0.29, 0.717) is 11.0 Å². The fraction of sp³-hybridized carbons (Fsp3) is 0.111. The van der Waals surface area contributed by atoms with Crippen molar-refractivity contribution < 1.29 is 13.5 Å². The number of hydrogen-bond donors (Lipinski definition) is 0. The van der Waals surface area contributed by atoms with E-state index in [-0.39, 0.29) is 23.8 Å². The van der Waals surface area contributed by atoms with Crippen LogP contribution in [-0.4, -0.2) is 23.6 Å². The number of anilines is 2. The molecule has 0 fully saturated rings. The number of terminal acetylenes is 1. The van der Waals surface area contributed by atoms with Crippen molar-refractivity contribution in [3.05, 3.63) is 53.2 Å². The van der Waals surface area contributed by atoms with Gasteiger partial charge in [-0.3, -0.25) is 4.98 Å². The highest BCUT2D eigenvalue weighted by Gasteiger charge is 2.23. The molecule has 2 aromatic carbocycles. The molecule has 3 rings (SSSR count). The van der Waals surface area contributed by atoms with Gasteiger partial charge in [0.25, 0.3) is 0 Å². The van der Waals surface area contributed by atoms with Crippen LogP contribution in [0.25, 0.3) is 11.0 Å². The van der Waals surface area contributed by atoms with Crippen LogP contribution in [0.5, 0.6) is 5.75 Å². The Bertz CT molecular complexity index is 988. The van der Waals surface area contributed by atoms with Crippen LogP contribution in [0.3, 0.4) is 0 Å². The Morgan fingerprint density at radius 3 is 2.64 bits per heavy atom. The van der Waals surface area contributed by atoms with Gasteiger partial charge in [-0.25, -0.2) is 13.8 Å². The van der Waals surface area contributed by atoms with Crippen LogP contribution < -0.4 is 9.64 Å². The third-order valence-corrected chi connectivity index (χ3v) is 3.92. The zero-order valence-electron chi connectivity index (χ0n) is 13.1. The fourth-order valence-electron chi connectivity index (χ4n) is 2.37. The number of methoxy groups -OCH3 is 1. The molecule has 0 saturated carbocycles. The molecule has 4 nitrogen and oxygen atoms in total. The van der Waals surface area contributed by atoms with Crippen molar-refractivity contribution in [3.63, 3.8) is 0 Å². The second-order valence-electron chi connectivity index (χ2n) is 5.05. The lowest BCUT2D eigenvalue weighted by molar-refractivity contribution is 0.407. The van der Waals surface area contributed by atoms with Crippen LogP contribution in [0.2, 0.25) is 5.02 Å². The molecule has 25 heavy (non-hydrogen) atoms. The predicted octanol–water partition coefficient (Wildman–Crippen LogP) is 4.34. The molecule has 0 amide bonds. The maximum Gasteiger partial charge on any atom is 0.184 e. The number of aromatic nitrogens is 2. The molecule has 1 aromatic heterocycles. The lowest BCUT2D eigenvalue weighted by Crippen LogP contribution is -2.20. The first-order valence-corrected chi connectivity index (χ1v) is 7.59. The van der Waals surface area contributed by atoms with Gasteiger partial charge < -0.3 is 9.64 Å². The average molecular weight is 360 g/mol. The number of hydrogen-bond acceptors (Lipinski definition) is 4. The van der Waals surface area contributed by atoms with Crippen molar-refractivity contribution >= 4 is 34.1 Å². The lowest BCUT2D eigenvalue weighted by Gasteiger charge is -2.23. The predicted molar refractivity (Wildman–Crippen MR) is 93.3 cm³/mol. The molecular weight excluding hydrogens is 348 g/mol. The fourth-order valence-corrected chi connectivity index (χ4v) is 2.59. The third-order valence-electron chi connectivity index (χ3n) is 3.57. The molecule has 0 unspecified atom stereocenters. The van der Waals surface area contributed by atoms with Gasteiger partial charge in [-0.1, -0.05) is 29.7 Å². The van der Waals surface area contributed by atoms with Crippen molar-refractivity contribution in [3.8, 4) is 18.1 Å². The summed E-state index contributed by atoms with van der Waals surface area (Å²) in [6.45, 7) is -0.0475. The Hall–Kier alpha value is -2.91. The normalized spacial score (nSPS) is 10.5. The van der Waals surface area contributed by atoms with E-state index in [4.69, 9.17) is 22.8 Å². The molecule has 0 N–H and O–H groups in total. The second kappa shape index (κ2) is 6.91. The number of para-hydroxylation sites is 2. The average Bonchev–Trinajstić information content (AvgIpc) is 2.64. The lowest BCUT2D eigenvalue weighted by atomic mass is 10.2. The van der Waals surface area contributed by atoms with Crippen molar-refractivity contribution in [2.75, 3.05) is 18.6 Å². The van der Waals surface area contributed by atoms with E-state index in [2.05, 4.69) is 15.9 Å². The minimum absolute atomic E-state index is 0.00802. The first-order chi connectivity index (χ1) is 12.1. The van der Waals surface area contributed by atoms with Crippen LogP contribution in [0.15, 0.2) is 36.5 Å². The summed E-state index contributed by atoms with van der Waals surface area (Å²) < 4.78 is 33.6. The molecule has 0 aliphatic rings. The number of rotatable bonds is 4. The van der Waals surface area contributed by atoms with Gasteiger partial charge >= 0.3 is 0 Å². The molecule has 7 heteroatoms. The van der Waals surface area contributed by atoms with Crippen molar-refractivity contribution in [1.82, 2.24) is 9.97 Å². The summed E-state index contributed by atoms with van der Waals surface area (Å²) in [5, 5.41) is -0.436. The Morgan fingerprint density at radius 2 is 1.96 bits per heavy atom. The highest BCUT2D eigenvalue weighted by Crippen LogP contribution is 2.37. The van der Waals surface area contributed by atoms with Crippen molar-refractivity contribution in [2.45, 2.75) is 0 Å². The van der Waals surface area contributed by atoms with Gasteiger partial charge in [-0.15, -0.1) is 6.42 Å². The quantitative estimate of drug-likeness (QED) is 0.513. The second-order valence-corrected chi connectivity index (χ2v) is 5.43. The zero-order valence-corrected chi connectivity index (χ0v) is 13.9. The van der Waals surface area contributed by atoms with Crippen LogP contribution in [0.1, 0.15) is 0 Å². The monoisotopic (exact) mass is 359 g/mol. The Labute approximate surface area is 148 Å². The van der Waals surface area contributed by atoms with Crippen LogP contribution in [-0.2, 0) is 0 Å². The first-order valence-electron chi connectivity index (χ1n) is 7.21. The highest BCUT2D eigenvalue weighted by atomic mass is 35.5. The van der Waals surface area contributed by atoms with Gasteiger partial charge in [-0.2, -0.15) is 0 Å². The standard InChI is InChI=1S/C18H12ClF2N3O/c1-3-8-24(13-9-14(25-2)16(19)18(21)17(13)20)15-10-22-11-6-4-5-7-12(11)23-15/h1,4-7,9-10H,8H2,2H3. The van der Waals surface area contributed by atoms with Crippen LogP contribution in [0, 0.1) is 24.0 Å². The zero-order chi connectivity index (χ0) is 18.0. The van der Waals surface area contributed by atoms with E-state index >= 15 is 0 Å². The smallest absolute Gasteiger partial charge is 0.184 e. The van der Waals surface area contributed by atoms with Crippen LogP contribution in [0.4, 0.5) is 20.3 Å². The number of nitrogens with zero attached hydrogens (tertiary/aromatic N) is 3. The SMILES string of the molecule is C#CCN(c1cnc2ccccc2n1)c1cc(OC)c(Cl)c(F)c1F. The topological polar surface area (TPSA) is 38.2 Å². The molecule has 0 saturated heterocycles. The minimum atomic E-state index is -1.22. The number of fused-ring (bicyclic) bond motifs is 1. The first kappa shape index (κ1) is 16.9. The summed E-state index contributed by atoms with van der Waals surface area (Å²) in [4.78, 5) is 10.0. The van der Waals surface area contributed by atoms with Gasteiger partial charge in [0.15, 0.2) is 17.5 Å². The summed E-state index contributed by atoms with van der Waals surface area (Å²) in [5.41, 5.74) is 1.14. The molecule has 0 aliphatic heterocycles. The van der Waals surface area contributed by atoms with E-state index < -0.39 is 16.7 Å². The van der Waals surface area contributed by atoms with Gasteiger partial charge in [0.1, 0.15) is 10.8 Å². The molecule has 0 aliphatic carbocycles. The Morgan fingerprint density at radius 1 is 1.24 bits per heavy atom. The molecule has 0 radical (unpaired) electrons. The summed E-state index contributed by atoms with van der Waals surface area (Å²) in [6, 6.07) is 8.46. The van der Waals surface area contributed by atoms with Gasteiger partial charge in [0.05, 0.1) is 36.6 Å². The number of ether oxygens (including phenoxy) is 1. The Kier molecular flexibility index (Phi) is 4.68. The molecular formula is C18H12ClF2N3O. The molecule has 0 spiro atoms. The minimum Gasteiger partial charge on any atom is -0.495 e. The Balaban J connectivity index is 2.19. The van der Waals surface area contributed by atoms with Gasteiger partial charge in [0.2, 0.25) is 0 Å². The van der Waals surface area contributed by atoms with Crippen molar-refractivity contribution in [2.24, 2.45) is 0 Å². The number of benzene rings is 2. The molecule has 1 heterocycles. The van der Waals surface area contributed by atoms with E-state index in [1.54, 1.807) is 18.2 Å². The summed E-state index contributed by atoms with van der Waals surface area (Å²) in [7, 11) is 1.31.